The molecule has 1 saturated carbocycles. The third kappa shape index (κ3) is 3.18. The van der Waals surface area contributed by atoms with Crippen molar-refractivity contribution in [3.05, 3.63) is 57.6 Å². The highest BCUT2D eigenvalue weighted by Gasteiger charge is 2.51. The monoisotopic (exact) mass is 443 g/mol. The summed E-state index contributed by atoms with van der Waals surface area (Å²) in [4.78, 5) is 2.55. The van der Waals surface area contributed by atoms with Gasteiger partial charge in [-0.15, -0.1) is 0 Å². The van der Waals surface area contributed by atoms with E-state index in [1.54, 1.807) is 24.1 Å². The molecule has 148 valence electrons. The Morgan fingerprint density at radius 2 is 1.79 bits per heavy atom. The number of halogens is 2. The van der Waals surface area contributed by atoms with E-state index in [0.29, 0.717) is 17.5 Å². The molecule has 2 saturated heterocycles. The number of piperidine rings is 2. The van der Waals surface area contributed by atoms with E-state index >= 15 is 0 Å². The molecule has 0 atom stereocenters. The summed E-state index contributed by atoms with van der Waals surface area (Å²) in [5.74, 6) is 3.58. The highest BCUT2D eigenvalue weighted by molar-refractivity contribution is 7.98. The summed E-state index contributed by atoms with van der Waals surface area (Å²) in [6.07, 6.45) is 4.80. The minimum atomic E-state index is 0.0295. The molecular weight excluding hydrogens is 425 g/mol. The molecule has 7 heteroatoms. The first kappa shape index (κ1) is 19.1. The van der Waals surface area contributed by atoms with Crippen molar-refractivity contribution in [2.75, 3.05) is 12.3 Å². The molecule has 4 nitrogen and oxygen atoms in total. The van der Waals surface area contributed by atoms with Gasteiger partial charge in [-0.25, -0.2) is 4.40 Å². The molecule has 0 aromatic heterocycles. The van der Waals surface area contributed by atoms with Crippen LogP contribution in [0.4, 0.5) is 0 Å². The number of nitrogens with zero attached hydrogens (tertiary/aromatic N) is 3. The van der Waals surface area contributed by atoms with Crippen molar-refractivity contribution >= 4 is 41.0 Å². The van der Waals surface area contributed by atoms with E-state index in [1.807, 2.05) is 18.2 Å². The standard InChI is InChI=1S/C22H19Cl2N3OS/c23-19-11-17(12-20(24)18(19)13-25)28-16-3-1-14(2-4-16)22-7-5-15(6-8-22)27-9-10-29-26-21(22)27/h1-4,11-12,15H,5-10H2. The zero-order chi connectivity index (χ0) is 20.0. The van der Waals surface area contributed by atoms with E-state index in [1.165, 1.54) is 24.2 Å². The Kier molecular flexibility index (Phi) is 4.90. The number of hydrogen-bond acceptors (Lipinski definition) is 5. The Labute approximate surface area is 184 Å². The zero-order valence-electron chi connectivity index (χ0n) is 15.7. The molecular formula is C22H19Cl2N3OS. The van der Waals surface area contributed by atoms with Crippen LogP contribution >= 0.6 is 35.1 Å². The maximum atomic E-state index is 9.09. The first-order valence-corrected chi connectivity index (χ1v) is 11.5. The van der Waals surface area contributed by atoms with Gasteiger partial charge in [-0.3, -0.25) is 0 Å². The van der Waals surface area contributed by atoms with Crippen molar-refractivity contribution in [1.82, 2.24) is 4.90 Å². The summed E-state index contributed by atoms with van der Waals surface area (Å²) >= 11 is 14.0. The maximum absolute atomic E-state index is 9.09. The Morgan fingerprint density at radius 1 is 1.10 bits per heavy atom. The van der Waals surface area contributed by atoms with E-state index in [0.717, 1.165) is 25.1 Å². The second kappa shape index (κ2) is 7.43. The average Bonchev–Trinajstić information content (AvgIpc) is 2.75. The molecule has 2 aromatic rings. The summed E-state index contributed by atoms with van der Waals surface area (Å²) in [6, 6.07) is 14.2. The normalized spacial score (nSPS) is 25.2. The lowest BCUT2D eigenvalue weighted by Crippen LogP contribution is -2.61. The van der Waals surface area contributed by atoms with Crippen molar-refractivity contribution in [3.63, 3.8) is 0 Å². The summed E-state index contributed by atoms with van der Waals surface area (Å²) < 4.78 is 10.8. The molecule has 3 fully saturated rings. The first-order chi connectivity index (χ1) is 14.1. The molecule has 3 heterocycles. The molecule has 0 radical (unpaired) electrons. The van der Waals surface area contributed by atoms with Crippen LogP contribution < -0.4 is 4.74 Å². The van der Waals surface area contributed by atoms with E-state index in [-0.39, 0.29) is 21.0 Å². The quantitative estimate of drug-likeness (QED) is 0.528. The van der Waals surface area contributed by atoms with Crippen LogP contribution in [-0.4, -0.2) is 29.1 Å². The second-order valence-electron chi connectivity index (χ2n) is 7.75. The Hall–Kier alpha value is -1.87. The first-order valence-electron chi connectivity index (χ1n) is 9.75. The van der Waals surface area contributed by atoms with Crippen molar-refractivity contribution < 1.29 is 4.74 Å². The fourth-order valence-electron chi connectivity index (χ4n) is 4.86. The number of fused-ring (bicyclic) bond motifs is 2. The van der Waals surface area contributed by atoms with Gasteiger partial charge < -0.3 is 9.64 Å². The van der Waals surface area contributed by atoms with Crippen molar-refractivity contribution in [1.29, 1.82) is 5.26 Å². The summed E-state index contributed by atoms with van der Waals surface area (Å²) in [5, 5.41) is 9.67. The van der Waals surface area contributed by atoms with Crippen molar-refractivity contribution in [2.24, 2.45) is 4.40 Å². The van der Waals surface area contributed by atoms with E-state index in [4.69, 9.17) is 37.6 Å². The smallest absolute Gasteiger partial charge is 0.130 e. The molecule has 0 unspecified atom stereocenters. The largest absolute Gasteiger partial charge is 0.457 e. The van der Waals surface area contributed by atoms with Crippen LogP contribution in [0.2, 0.25) is 10.0 Å². The average molecular weight is 444 g/mol. The molecule has 0 spiro atoms. The molecule has 2 aromatic carbocycles. The SMILES string of the molecule is N#Cc1c(Cl)cc(Oc2ccc(C34CCC(CC3)N3CCSN=C34)cc2)cc1Cl. The van der Waals surface area contributed by atoms with Gasteiger partial charge in [0.1, 0.15) is 23.4 Å². The van der Waals surface area contributed by atoms with Crippen molar-refractivity contribution in [2.45, 2.75) is 37.1 Å². The molecule has 3 aliphatic heterocycles. The fraction of sp³-hybridized carbons (Fsp3) is 0.364. The third-order valence-corrected chi connectivity index (χ3v) is 7.56. The number of rotatable bonds is 3. The maximum Gasteiger partial charge on any atom is 0.130 e. The van der Waals surface area contributed by atoms with Crippen molar-refractivity contribution in [3.8, 4) is 17.6 Å². The number of nitriles is 1. The van der Waals surface area contributed by atoms with Gasteiger partial charge in [0.25, 0.3) is 0 Å². The van der Waals surface area contributed by atoms with Gasteiger partial charge in [-0.2, -0.15) is 5.26 Å². The lowest BCUT2D eigenvalue weighted by atomic mass is 9.63. The Bertz CT molecular complexity index is 1000. The van der Waals surface area contributed by atoms with Gasteiger partial charge in [0.15, 0.2) is 0 Å². The van der Waals surface area contributed by atoms with Crippen LogP contribution in [0.3, 0.4) is 0 Å². The predicted octanol–water partition coefficient (Wildman–Crippen LogP) is 6.21. The van der Waals surface area contributed by atoms with Gasteiger partial charge >= 0.3 is 0 Å². The lowest BCUT2D eigenvalue weighted by Gasteiger charge is -2.55. The highest BCUT2D eigenvalue weighted by Crippen LogP contribution is 2.50. The number of hydrogen-bond donors (Lipinski definition) is 0. The third-order valence-electron chi connectivity index (χ3n) is 6.29. The van der Waals surface area contributed by atoms with Gasteiger partial charge in [-0.05, 0) is 55.3 Å². The van der Waals surface area contributed by atoms with E-state index in [9.17, 15) is 0 Å². The van der Waals surface area contributed by atoms with Crippen LogP contribution in [0.5, 0.6) is 11.5 Å². The molecule has 2 bridgehead atoms. The minimum Gasteiger partial charge on any atom is -0.457 e. The molecule has 29 heavy (non-hydrogen) atoms. The Morgan fingerprint density at radius 3 is 2.45 bits per heavy atom. The zero-order valence-corrected chi connectivity index (χ0v) is 18.0. The molecule has 4 aliphatic rings. The van der Waals surface area contributed by atoms with Crippen LogP contribution in [0.25, 0.3) is 0 Å². The van der Waals surface area contributed by atoms with Gasteiger partial charge in [0.2, 0.25) is 0 Å². The summed E-state index contributed by atoms with van der Waals surface area (Å²) in [5.41, 5.74) is 1.60. The predicted molar refractivity (Wildman–Crippen MR) is 118 cm³/mol. The number of ether oxygens (including phenoxy) is 1. The minimum absolute atomic E-state index is 0.0295. The van der Waals surface area contributed by atoms with Crippen LogP contribution in [0.1, 0.15) is 36.8 Å². The topological polar surface area (TPSA) is 48.6 Å². The van der Waals surface area contributed by atoms with Crippen LogP contribution in [0.15, 0.2) is 40.8 Å². The van der Waals surface area contributed by atoms with Gasteiger partial charge in [0.05, 0.1) is 21.0 Å². The number of amidine groups is 1. The molecule has 0 amide bonds. The van der Waals surface area contributed by atoms with E-state index < -0.39 is 0 Å². The Balaban J connectivity index is 1.42. The van der Waals surface area contributed by atoms with Gasteiger partial charge in [-0.1, -0.05) is 35.3 Å². The summed E-state index contributed by atoms with van der Waals surface area (Å²) in [7, 11) is 0. The summed E-state index contributed by atoms with van der Waals surface area (Å²) in [6.45, 7) is 1.11. The molecule has 0 N–H and O–H groups in total. The second-order valence-corrected chi connectivity index (χ2v) is 9.42. The molecule has 1 aliphatic carbocycles. The lowest BCUT2D eigenvalue weighted by molar-refractivity contribution is 0.153. The van der Waals surface area contributed by atoms with Crippen LogP contribution in [-0.2, 0) is 5.41 Å². The molecule has 6 rings (SSSR count). The fourth-order valence-corrected chi connectivity index (χ4v) is 6.19. The van der Waals surface area contributed by atoms with Gasteiger partial charge in [0, 0.05) is 30.5 Å². The number of benzene rings is 2. The highest BCUT2D eigenvalue weighted by atomic mass is 35.5. The van der Waals surface area contributed by atoms with Crippen LogP contribution in [0, 0.1) is 11.3 Å². The van der Waals surface area contributed by atoms with E-state index in [2.05, 4.69) is 17.0 Å².